The van der Waals surface area contributed by atoms with Crippen LogP contribution in [0.15, 0.2) is 6.20 Å². The van der Waals surface area contributed by atoms with E-state index in [1.807, 2.05) is 6.20 Å². The van der Waals surface area contributed by atoms with E-state index in [1.54, 1.807) is 0 Å². The van der Waals surface area contributed by atoms with Gasteiger partial charge < -0.3 is 9.55 Å². The Morgan fingerprint density at radius 1 is 1.20 bits per heavy atom. The molecule has 0 bridgehead atoms. The summed E-state index contributed by atoms with van der Waals surface area (Å²) in [5, 5.41) is 0. The predicted molar refractivity (Wildman–Crippen MR) is 67.8 cm³/mol. The molecule has 0 atom stereocenters. The number of nitrogens with one attached hydrogen (secondary N) is 1. The lowest BCUT2D eigenvalue weighted by molar-refractivity contribution is 0.327. The summed E-state index contributed by atoms with van der Waals surface area (Å²) in [5.74, 6) is 0. The van der Waals surface area contributed by atoms with Crippen LogP contribution < -0.4 is 0 Å². The largest absolute Gasteiger partial charge is 0.337 e. The van der Waals surface area contributed by atoms with E-state index in [0.29, 0.717) is 0 Å². The molecule has 0 amide bonds. The Balaban J connectivity index is 3.17. The Morgan fingerprint density at radius 3 is 2.13 bits per heavy atom. The van der Waals surface area contributed by atoms with E-state index in [2.05, 4.69) is 51.1 Å². The second-order valence-electron chi connectivity index (χ2n) is 6.38. The Morgan fingerprint density at radius 2 is 1.73 bits per heavy atom. The van der Waals surface area contributed by atoms with Gasteiger partial charge >= 0.3 is 0 Å². The van der Waals surface area contributed by atoms with Gasteiger partial charge in [-0.15, -0.1) is 0 Å². The molecule has 3 heteroatoms. The number of rotatable bonds is 1. The molecule has 0 aromatic carbocycles. The van der Waals surface area contributed by atoms with Gasteiger partial charge in [-0.3, -0.25) is 0 Å². The fourth-order valence-corrected chi connectivity index (χ4v) is 1.87. The Bertz CT molecular complexity index is 385. The normalized spacial score (nSPS) is 13.2. The summed E-state index contributed by atoms with van der Waals surface area (Å²) in [5.41, 5.74) is 1.67. The first-order chi connectivity index (χ1) is 6.61. The highest BCUT2D eigenvalue weighted by Gasteiger charge is 2.22. The van der Waals surface area contributed by atoms with Gasteiger partial charge in [-0.1, -0.05) is 41.5 Å². The lowest BCUT2D eigenvalue weighted by Gasteiger charge is -2.25. The van der Waals surface area contributed by atoms with Crippen molar-refractivity contribution < 1.29 is 0 Å². The molecular formula is C12H22N2S. The maximum atomic E-state index is 5.32. The maximum Gasteiger partial charge on any atom is 0.177 e. The standard InChI is InChI=1S/C12H22N2S/c1-11(2,3)8-14-9(12(4,5)6)7-13-10(14)15/h7H,8H2,1-6H3,(H,13,15). The summed E-state index contributed by atoms with van der Waals surface area (Å²) in [6.45, 7) is 14.3. The average Bonchev–Trinajstić information content (AvgIpc) is 2.28. The van der Waals surface area contributed by atoms with Crippen molar-refractivity contribution in [1.29, 1.82) is 0 Å². The zero-order valence-corrected chi connectivity index (χ0v) is 11.5. The molecule has 15 heavy (non-hydrogen) atoms. The molecule has 1 aromatic rings. The van der Waals surface area contributed by atoms with Gasteiger partial charge in [0.15, 0.2) is 4.77 Å². The maximum absolute atomic E-state index is 5.32. The van der Waals surface area contributed by atoms with Gasteiger partial charge in [-0.25, -0.2) is 0 Å². The second-order valence-corrected chi connectivity index (χ2v) is 6.76. The Labute approximate surface area is 97.7 Å². The van der Waals surface area contributed by atoms with Crippen molar-refractivity contribution in [3.05, 3.63) is 16.7 Å². The predicted octanol–water partition coefficient (Wildman–Crippen LogP) is 3.89. The van der Waals surface area contributed by atoms with E-state index in [4.69, 9.17) is 12.2 Å². The molecule has 86 valence electrons. The molecule has 1 aromatic heterocycles. The van der Waals surface area contributed by atoms with Crippen LogP contribution in [0.3, 0.4) is 0 Å². The molecular weight excluding hydrogens is 204 g/mol. The van der Waals surface area contributed by atoms with Crippen LogP contribution in [0.1, 0.15) is 47.2 Å². The molecule has 0 radical (unpaired) electrons. The zero-order chi connectivity index (χ0) is 11.9. The van der Waals surface area contributed by atoms with Gasteiger partial charge in [0, 0.05) is 23.9 Å². The van der Waals surface area contributed by atoms with Gasteiger partial charge in [0.1, 0.15) is 0 Å². The molecule has 0 saturated heterocycles. The SMILES string of the molecule is CC(C)(C)Cn1c(C(C)(C)C)c[nH]c1=S. The molecule has 0 unspecified atom stereocenters. The zero-order valence-electron chi connectivity index (χ0n) is 10.6. The second kappa shape index (κ2) is 3.78. The van der Waals surface area contributed by atoms with E-state index in [0.717, 1.165) is 11.3 Å². The van der Waals surface area contributed by atoms with Crippen LogP contribution >= 0.6 is 12.2 Å². The van der Waals surface area contributed by atoms with Crippen LogP contribution in [0.2, 0.25) is 0 Å². The van der Waals surface area contributed by atoms with Crippen molar-refractivity contribution in [2.75, 3.05) is 0 Å². The average molecular weight is 226 g/mol. The fourth-order valence-electron chi connectivity index (χ4n) is 1.65. The highest BCUT2D eigenvalue weighted by molar-refractivity contribution is 7.71. The lowest BCUT2D eigenvalue weighted by Crippen LogP contribution is -2.23. The van der Waals surface area contributed by atoms with Gasteiger partial charge in [-0.2, -0.15) is 0 Å². The van der Waals surface area contributed by atoms with Crippen LogP contribution in [-0.4, -0.2) is 9.55 Å². The third kappa shape index (κ3) is 3.20. The van der Waals surface area contributed by atoms with Gasteiger partial charge in [0.05, 0.1) is 0 Å². The summed E-state index contributed by atoms with van der Waals surface area (Å²) in [6.07, 6.45) is 2.04. The van der Waals surface area contributed by atoms with Crippen molar-refractivity contribution >= 4 is 12.2 Å². The van der Waals surface area contributed by atoms with Crippen LogP contribution in [0.5, 0.6) is 0 Å². The first-order valence-electron chi connectivity index (χ1n) is 5.40. The third-order valence-corrected chi connectivity index (χ3v) is 2.61. The molecule has 1 rings (SSSR count). The minimum atomic E-state index is 0.138. The molecule has 0 saturated carbocycles. The molecule has 1 N–H and O–H groups in total. The Kier molecular flexibility index (Phi) is 3.15. The topological polar surface area (TPSA) is 20.7 Å². The number of aromatic nitrogens is 2. The van der Waals surface area contributed by atoms with Crippen molar-refractivity contribution in [3.63, 3.8) is 0 Å². The summed E-state index contributed by atoms with van der Waals surface area (Å²) >= 11 is 5.32. The number of aromatic amines is 1. The first kappa shape index (κ1) is 12.5. The molecule has 0 spiro atoms. The number of imidazole rings is 1. The number of nitrogens with zero attached hydrogens (tertiary/aromatic N) is 1. The van der Waals surface area contributed by atoms with Gasteiger partial charge in [-0.05, 0) is 17.6 Å². The molecule has 2 nitrogen and oxygen atoms in total. The van der Waals surface area contributed by atoms with Crippen molar-refractivity contribution in [3.8, 4) is 0 Å². The van der Waals surface area contributed by atoms with E-state index in [-0.39, 0.29) is 10.8 Å². The van der Waals surface area contributed by atoms with E-state index in [1.165, 1.54) is 5.69 Å². The summed E-state index contributed by atoms with van der Waals surface area (Å²) in [7, 11) is 0. The number of hydrogen-bond acceptors (Lipinski definition) is 1. The highest BCUT2D eigenvalue weighted by Crippen LogP contribution is 2.25. The van der Waals surface area contributed by atoms with Gasteiger partial charge in [0.2, 0.25) is 0 Å². The first-order valence-corrected chi connectivity index (χ1v) is 5.81. The monoisotopic (exact) mass is 226 g/mol. The van der Waals surface area contributed by atoms with Gasteiger partial charge in [0.25, 0.3) is 0 Å². The molecule has 0 aliphatic rings. The van der Waals surface area contributed by atoms with Crippen molar-refractivity contribution in [1.82, 2.24) is 9.55 Å². The van der Waals surface area contributed by atoms with Crippen LogP contribution in [0.4, 0.5) is 0 Å². The minimum Gasteiger partial charge on any atom is -0.337 e. The van der Waals surface area contributed by atoms with Crippen molar-refractivity contribution in [2.45, 2.75) is 53.5 Å². The van der Waals surface area contributed by atoms with Crippen molar-refractivity contribution in [2.24, 2.45) is 5.41 Å². The van der Waals surface area contributed by atoms with Crippen LogP contribution in [0.25, 0.3) is 0 Å². The van der Waals surface area contributed by atoms with Crippen LogP contribution in [0, 0.1) is 10.2 Å². The molecule has 0 fully saturated rings. The molecule has 0 aliphatic heterocycles. The summed E-state index contributed by atoms with van der Waals surface area (Å²) in [4.78, 5) is 3.14. The number of H-pyrrole nitrogens is 1. The van der Waals surface area contributed by atoms with E-state index < -0.39 is 0 Å². The third-order valence-electron chi connectivity index (χ3n) is 2.27. The highest BCUT2D eigenvalue weighted by atomic mass is 32.1. The summed E-state index contributed by atoms with van der Waals surface area (Å²) < 4.78 is 3.05. The fraction of sp³-hybridized carbons (Fsp3) is 0.750. The van der Waals surface area contributed by atoms with Crippen LogP contribution in [-0.2, 0) is 12.0 Å². The number of hydrogen-bond donors (Lipinski definition) is 1. The smallest absolute Gasteiger partial charge is 0.177 e. The summed E-state index contributed by atoms with van der Waals surface area (Å²) in [6, 6.07) is 0. The molecule has 0 aliphatic carbocycles. The molecule has 1 heterocycles. The quantitative estimate of drug-likeness (QED) is 0.720. The minimum absolute atomic E-state index is 0.138. The van der Waals surface area contributed by atoms with E-state index in [9.17, 15) is 0 Å². The van der Waals surface area contributed by atoms with E-state index >= 15 is 0 Å². The Hall–Kier alpha value is -0.570. The lowest BCUT2D eigenvalue weighted by atomic mass is 9.91.